The molecule has 1 fully saturated rings. The van der Waals surface area contributed by atoms with Crippen LogP contribution in [-0.2, 0) is 16.0 Å². The average Bonchev–Trinajstić information content (AvgIpc) is 2.66. The van der Waals surface area contributed by atoms with Gasteiger partial charge >= 0.3 is 7.12 Å². The number of hydrogen-bond acceptors (Lipinski definition) is 4. The van der Waals surface area contributed by atoms with E-state index in [1.54, 1.807) is 4.90 Å². The van der Waals surface area contributed by atoms with Crippen LogP contribution in [-0.4, -0.2) is 52.9 Å². The number of likely N-dealkylation sites (tertiary alicyclic amines) is 1. The van der Waals surface area contributed by atoms with Crippen LogP contribution in [0.15, 0.2) is 42.5 Å². The minimum absolute atomic E-state index is 0.0870. The molecule has 0 aromatic heterocycles. The molecule has 142 valence electrons. The molecule has 1 saturated heterocycles. The van der Waals surface area contributed by atoms with E-state index in [1.165, 1.54) is 0 Å². The Bertz CT molecular complexity index is 811. The number of amides is 2. The number of piperidine rings is 1. The first-order valence-electron chi connectivity index (χ1n) is 9.44. The third-order valence-electron chi connectivity index (χ3n) is 5.01. The molecule has 2 amide bonds. The van der Waals surface area contributed by atoms with E-state index in [2.05, 4.69) is 5.32 Å². The van der Waals surface area contributed by atoms with Gasteiger partial charge in [0.15, 0.2) is 0 Å². The summed E-state index contributed by atoms with van der Waals surface area (Å²) in [5.74, 6) is -0.994. The Morgan fingerprint density at radius 3 is 2.67 bits per heavy atom. The van der Waals surface area contributed by atoms with Crippen LogP contribution in [0.25, 0.3) is 10.8 Å². The van der Waals surface area contributed by atoms with E-state index < -0.39 is 13.1 Å². The maximum absolute atomic E-state index is 12.2. The van der Waals surface area contributed by atoms with Gasteiger partial charge < -0.3 is 20.3 Å². The van der Waals surface area contributed by atoms with E-state index in [9.17, 15) is 19.6 Å². The quantitative estimate of drug-likeness (QED) is 0.643. The van der Waals surface area contributed by atoms with Gasteiger partial charge in [0.1, 0.15) is 0 Å². The van der Waals surface area contributed by atoms with Crippen molar-refractivity contribution in [1.29, 1.82) is 0 Å². The number of nitrogens with one attached hydrogen (secondary N) is 1. The molecule has 3 N–H and O–H groups in total. The number of rotatable bonds is 7. The molecule has 1 aliphatic heterocycles. The van der Waals surface area contributed by atoms with Gasteiger partial charge in [0, 0.05) is 25.9 Å². The highest BCUT2D eigenvalue weighted by Gasteiger charge is 2.26. The first kappa shape index (κ1) is 19.4. The summed E-state index contributed by atoms with van der Waals surface area (Å²) in [6, 6.07) is 13.8. The van der Waals surface area contributed by atoms with Crippen molar-refractivity contribution in [1.82, 2.24) is 10.2 Å². The zero-order chi connectivity index (χ0) is 19.2. The predicted octanol–water partition coefficient (Wildman–Crippen LogP) is 1.28. The number of carbonyl (C=O) groups is 2. The Morgan fingerprint density at radius 2 is 1.93 bits per heavy atom. The highest BCUT2D eigenvalue weighted by Crippen LogP contribution is 2.17. The Kier molecular flexibility index (Phi) is 6.47. The zero-order valence-corrected chi connectivity index (χ0v) is 15.3. The summed E-state index contributed by atoms with van der Waals surface area (Å²) < 4.78 is 0. The van der Waals surface area contributed by atoms with Gasteiger partial charge in [-0.1, -0.05) is 42.5 Å². The predicted molar refractivity (Wildman–Crippen MR) is 105 cm³/mol. The minimum atomic E-state index is -1.66. The second-order valence-electron chi connectivity index (χ2n) is 7.06. The van der Waals surface area contributed by atoms with Crippen molar-refractivity contribution in [3.8, 4) is 0 Å². The van der Waals surface area contributed by atoms with Crippen molar-refractivity contribution in [2.45, 2.75) is 38.0 Å². The van der Waals surface area contributed by atoms with Gasteiger partial charge in [0.2, 0.25) is 11.8 Å². The largest absolute Gasteiger partial charge is 0.475 e. The van der Waals surface area contributed by atoms with Crippen LogP contribution in [0.5, 0.6) is 0 Å². The summed E-state index contributed by atoms with van der Waals surface area (Å²) in [4.78, 5) is 25.7. The molecule has 6 nitrogen and oxygen atoms in total. The highest BCUT2D eigenvalue weighted by atomic mass is 16.4. The second-order valence-corrected chi connectivity index (χ2v) is 7.06. The fraction of sp³-hybridized carbons (Fsp3) is 0.400. The lowest BCUT2D eigenvalue weighted by molar-refractivity contribution is -0.133. The summed E-state index contributed by atoms with van der Waals surface area (Å²) in [5.41, 5.74) is 0.915. The molecule has 0 spiro atoms. The lowest BCUT2D eigenvalue weighted by atomic mass is 9.75. The fourth-order valence-electron chi connectivity index (χ4n) is 3.46. The van der Waals surface area contributed by atoms with E-state index in [0.29, 0.717) is 25.9 Å². The molecular formula is C20H25BN2O4. The fourth-order valence-corrected chi connectivity index (χ4v) is 3.46. The molecule has 7 heteroatoms. The monoisotopic (exact) mass is 368 g/mol. The maximum Gasteiger partial charge on any atom is 0.475 e. The molecule has 27 heavy (non-hydrogen) atoms. The molecule has 1 atom stereocenters. The number of fused-ring (bicyclic) bond motifs is 1. The topological polar surface area (TPSA) is 89.9 Å². The first-order valence-corrected chi connectivity index (χ1v) is 9.44. The Morgan fingerprint density at radius 1 is 1.15 bits per heavy atom. The van der Waals surface area contributed by atoms with Gasteiger partial charge in [0.25, 0.3) is 0 Å². The summed E-state index contributed by atoms with van der Waals surface area (Å²) in [6.45, 7) is 1.06. The van der Waals surface area contributed by atoms with Gasteiger partial charge in [-0.3, -0.25) is 9.59 Å². The molecular weight excluding hydrogens is 343 g/mol. The average molecular weight is 368 g/mol. The van der Waals surface area contributed by atoms with Crippen molar-refractivity contribution >= 4 is 29.7 Å². The van der Waals surface area contributed by atoms with Gasteiger partial charge in [-0.25, -0.2) is 0 Å². The Balaban J connectivity index is 1.57. The lowest BCUT2D eigenvalue weighted by Crippen LogP contribution is -2.48. The number of hydrogen-bond donors (Lipinski definition) is 3. The lowest BCUT2D eigenvalue weighted by Gasteiger charge is -2.26. The number of benzene rings is 2. The SMILES string of the molecule is O=C(CCN1CCCCC1=O)NC(Cc1ccc2ccccc2c1)B(O)O. The van der Waals surface area contributed by atoms with Crippen LogP contribution in [0, 0.1) is 0 Å². The molecule has 2 aromatic carbocycles. The van der Waals surface area contributed by atoms with Crippen LogP contribution in [0.1, 0.15) is 31.2 Å². The summed E-state index contributed by atoms with van der Waals surface area (Å²) in [5, 5.41) is 24.2. The van der Waals surface area contributed by atoms with Gasteiger partial charge in [-0.05, 0) is 35.6 Å². The molecule has 0 radical (unpaired) electrons. The zero-order valence-electron chi connectivity index (χ0n) is 15.3. The smallest absolute Gasteiger partial charge is 0.426 e. The van der Waals surface area contributed by atoms with E-state index in [-0.39, 0.29) is 18.2 Å². The molecule has 1 heterocycles. The molecule has 3 rings (SSSR count). The van der Waals surface area contributed by atoms with Crippen molar-refractivity contribution in [3.63, 3.8) is 0 Å². The molecule has 1 unspecified atom stereocenters. The minimum Gasteiger partial charge on any atom is -0.426 e. The standard InChI is InChI=1S/C20H25BN2O4/c24-19(10-12-23-11-4-3-7-20(23)25)22-18(21(26)27)14-15-8-9-16-5-1-2-6-17(16)13-15/h1-2,5-6,8-9,13,18,26-27H,3-4,7,10-12,14H2,(H,22,24). The van der Waals surface area contributed by atoms with E-state index in [4.69, 9.17) is 0 Å². The van der Waals surface area contributed by atoms with Crippen molar-refractivity contribution in [2.24, 2.45) is 0 Å². The van der Waals surface area contributed by atoms with Crippen LogP contribution in [0.2, 0.25) is 0 Å². The first-order chi connectivity index (χ1) is 13.0. The molecule has 0 aliphatic carbocycles. The van der Waals surface area contributed by atoms with Crippen molar-refractivity contribution in [3.05, 3.63) is 48.0 Å². The third kappa shape index (κ3) is 5.31. The van der Waals surface area contributed by atoms with E-state index in [0.717, 1.165) is 29.2 Å². The molecule has 2 aromatic rings. The van der Waals surface area contributed by atoms with Crippen molar-refractivity contribution in [2.75, 3.05) is 13.1 Å². The Hall–Kier alpha value is -2.38. The van der Waals surface area contributed by atoms with Crippen LogP contribution in [0.3, 0.4) is 0 Å². The number of carbonyl (C=O) groups excluding carboxylic acids is 2. The van der Waals surface area contributed by atoms with E-state index >= 15 is 0 Å². The third-order valence-corrected chi connectivity index (χ3v) is 5.01. The molecule has 0 bridgehead atoms. The summed E-state index contributed by atoms with van der Waals surface area (Å²) in [6.07, 6.45) is 2.89. The summed E-state index contributed by atoms with van der Waals surface area (Å²) >= 11 is 0. The number of nitrogens with zero attached hydrogens (tertiary/aromatic N) is 1. The normalized spacial score (nSPS) is 15.6. The van der Waals surface area contributed by atoms with Gasteiger partial charge in [-0.15, -0.1) is 0 Å². The molecule has 0 saturated carbocycles. The second kappa shape index (κ2) is 9.02. The van der Waals surface area contributed by atoms with Crippen LogP contribution >= 0.6 is 0 Å². The Labute approximate surface area is 159 Å². The van der Waals surface area contributed by atoms with Crippen LogP contribution in [0.4, 0.5) is 0 Å². The summed E-state index contributed by atoms with van der Waals surface area (Å²) in [7, 11) is -1.66. The van der Waals surface area contributed by atoms with Gasteiger partial charge in [0.05, 0.1) is 5.94 Å². The van der Waals surface area contributed by atoms with Crippen molar-refractivity contribution < 1.29 is 19.6 Å². The van der Waals surface area contributed by atoms with Crippen LogP contribution < -0.4 is 5.32 Å². The maximum atomic E-state index is 12.2. The molecule has 1 aliphatic rings. The van der Waals surface area contributed by atoms with E-state index in [1.807, 2.05) is 42.5 Å². The van der Waals surface area contributed by atoms with Gasteiger partial charge in [-0.2, -0.15) is 0 Å². The highest BCUT2D eigenvalue weighted by molar-refractivity contribution is 6.43.